The smallest absolute Gasteiger partial charge is 0.303 e. The second kappa shape index (κ2) is 6.95. The molecule has 0 bridgehead atoms. The summed E-state index contributed by atoms with van der Waals surface area (Å²) in [6.45, 7) is 0. The molecule has 0 aliphatic heterocycles. The normalized spacial score (nSPS) is 30.5. The Morgan fingerprint density at radius 3 is 2.29 bits per heavy atom. The number of rotatable bonds is 5. The Morgan fingerprint density at radius 2 is 1.71 bits per heavy atom. The zero-order valence-corrected chi connectivity index (χ0v) is 13.5. The number of aliphatic hydroxyl groups excluding tert-OH is 3. The molecule has 0 unspecified atom stereocenters. The molecule has 0 amide bonds. The number of allylic oxidation sites excluding steroid dienone is 1. The average molecular weight is 332 g/mol. The van der Waals surface area contributed by atoms with E-state index < -0.39 is 30.0 Å². The number of carboxylic acids is 1. The van der Waals surface area contributed by atoms with Crippen molar-refractivity contribution >= 4 is 5.97 Å². The summed E-state index contributed by atoms with van der Waals surface area (Å²) in [4.78, 5) is 11.0. The Balaban J connectivity index is 1.66. The van der Waals surface area contributed by atoms with Crippen LogP contribution in [0, 0.1) is 17.8 Å². The minimum absolute atomic E-state index is 0.0151. The van der Waals surface area contributed by atoms with Crippen molar-refractivity contribution in [2.75, 3.05) is 0 Å². The molecule has 0 aromatic heterocycles. The van der Waals surface area contributed by atoms with Crippen LogP contribution in [0.1, 0.15) is 30.4 Å². The maximum Gasteiger partial charge on any atom is 0.303 e. The molecule has 4 atom stereocenters. The fraction of sp³-hybridized carbons (Fsp3) is 0.526. The highest BCUT2D eigenvalue weighted by molar-refractivity contribution is 5.67. The Morgan fingerprint density at radius 1 is 1.08 bits per heavy atom. The monoisotopic (exact) mass is 332 g/mol. The molecule has 24 heavy (non-hydrogen) atoms. The van der Waals surface area contributed by atoms with Crippen LogP contribution in [0.3, 0.4) is 0 Å². The summed E-state index contributed by atoms with van der Waals surface area (Å²) >= 11 is 0. The first kappa shape index (κ1) is 17.0. The number of fused-ring (bicyclic) bond motifs is 1. The molecule has 0 saturated heterocycles. The fourth-order valence-electron chi connectivity index (χ4n) is 4.21. The van der Waals surface area contributed by atoms with Gasteiger partial charge in [-0.15, -0.1) is 0 Å². The van der Waals surface area contributed by atoms with E-state index in [2.05, 4.69) is 12.1 Å². The number of carbonyl (C=O) groups is 1. The van der Waals surface area contributed by atoms with Crippen LogP contribution in [0.4, 0.5) is 0 Å². The van der Waals surface area contributed by atoms with Crippen LogP contribution in [-0.2, 0) is 17.6 Å². The lowest BCUT2D eigenvalue weighted by Gasteiger charge is -2.22. The van der Waals surface area contributed by atoms with Gasteiger partial charge in [0.05, 0.1) is 24.4 Å². The Kier molecular flexibility index (Phi) is 4.92. The second-order valence-electron chi connectivity index (χ2n) is 7.07. The van der Waals surface area contributed by atoms with Gasteiger partial charge in [0.1, 0.15) is 0 Å². The van der Waals surface area contributed by atoms with E-state index in [1.54, 1.807) is 6.08 Å². The summed E-state index contributed by atoms with van der Waals surface area (Å²) < 4.78 is 0. The number of hydrogen-bond donors (Lipinski definition) is 4. The summed E-state index contributed by atoms with van der Waals surface area (Å²) in [6, 6.07) is 8.31. The van der Waals surface area contributed by atoms with Crippen molar-refractivity contribution in [3.8, 4) is 0 Å². The molecular weight excluding hydrogens is 308 g/mol. The van der Waals surface area contributed by atoms with Gasteiger partial charge in [-0.1, -0.05) is 24.3 Å². The van der Waals surface area contributed by atoms with Gasteiger partial charge in [-0.3, -0.25) is 4.79 Å². The van der Waals surface area contributed by atoms with Crippen LogP contribution in [0.25, 0.3) is 0 Å². The summed E-state index contributed by atoms with van der Waals surface area (Å²) in [6.07, 6.45) is 2.37. The van der Waals surface area contributed by atoms with E-state index in [-0.39, 0.29) is 18.6 Å². The van der Waals surface area contributed by atoms with E-state index in [9.17, 15) is 20.1 Å². The Hall–Kier alpha value is -1.85. The fourth-order valence-corrected chi connectivity index (χ4v) is 4.21. The van der Waals surface area contributed by atoms with Crippen LogP contribution in [0.2, 0.25) is 0 Å². The van der Waals surface area contributed by atoms with Gasteiger partial charge in [0.2, 0.25) is 0 Å². The second-order valence-corrected chi connectivity index (χ2v) is 7.07. The van der Waals surface area contributed by atoms with E-state index in [0.29, 0.717) is 12.3 Å². The number of carboxylic acid groups (broad SMARTS) is 1. The van der Waals surface area contributed by atoms with Crippen LogP contribution in [0.5, 0.6) is 0 Å². The van der Waals surface area contributed by atoms with Gasteiger partial charge >= 0.3 is 5.97 Å². The molecule has 2 aliphatic carbocycles. The highest BCUT2D eigenvalue weighted by Crippen LogP contribution is 2.39. The summed E-state index contributed by atoms with van der Waals surface area (Å²) in [5, 5.41) is 39.4. The topological polar surface area (TPSA) is 98.0 Å². The maximum atomic E-state index is 11.0. The van der Waals surface area contributed by atoms with Crippen LogP contribution >= 0.6 is 0 Å². The molecule has 3 rings (SSSR count). The quantitative estimate of drug-likeness (QED) is 0.619. The van der Waals surface area contributed by atoms with Gasteiger partial charge in [-0.2, -0.15) is 0 Å². The lowest BCUT2D eigenvalue weighted by atomic mass is 9.88. The number of hydrogen-bond acceptors (Lipinski definition) is 4. The molecule has 5 nitrogen and oxygen atoms in total. The standard InChI is InChI=1S/C19H24O5/c20-15(19-14(9-18(23)24)16(21)10-17(19)22)6-5-11-7-12-3-1-2-4-13(12)8-11/h1-4,6,11,14,16-17,19-22H,5,7-10H2,(H,23,24)/t14-,16-,17+,19-/m1/s1. The van der Waals surface area contributed by atoms with Gasteiger partial charge in [0.15, 0.2) is 0 Å². The van der Waals surface area contributed by atoms with Gasteiger partial charge in [0, 0.05) is 18.3 Å². The van der Waals surface area contributed by atoms with Gasteiger partial charge in [-0.05, 0) is 42.4 Å². The maximum absolute atomic E-state index is 11.0. The van der Waals surface area contributed by atoms with Gasteiger partial charge < -0.3 is 20.4 Å². The molecule has 1 aromatic rings. The van der Waals surface area contributed by atoms with Crippen LogP contribution in [-0.4, -0.2) is 38.6 Å². The van der Waals surface area contributed by atoms with Crippen molar-refractivity contribution in [2.24, 2.45) is 17.8 Å². The molecular formula is C19H24O5. The zero-order chi connectivity index (χ0) is 17.3. The first-order chi connectivity index (χ1) is 11.5. The van der Waals surface area contributed by atoms with Crippen molar-refractivity contribution in [3.63, 3.8) is 0 Å². The summed E-state index contributed by atoms with van der Waals surface area (Å²) in [5.74, 6) is -1.95. The Labute approximate surface area is 141 Å². The summed E-state index contributed by atoms with van der Waals surface area (Å²) in [7, 11) is 0. The molecule has 0 spiro atoms. The van der Waals surface area contributed by atoms with Crippen molar-refractivity contribution in [2.45, 2.75) is 44.3 Å². The van der Waals surface area contributed by atoms with Crippen molar-refractivity contribution in [1.29, 1.82) is 0 Å². The van der Waals surface area contributed by atoms with E-state index in [0.717, 1.165) is 12.8 Å². The molecule has 0 heterocycles. The molecule has 1 aromatic carbocycles. The van der Waals surface area contributed by atoms with E-state index >= 15 is 0 Å². The highest BCUT2D eigenvalue weighted by atomic mass is 16.4. The third kappa shape index (κ3) is 3.47. The zero-order valence-electron chi connectivity index (χ0n) is 13.5. The Bertz CT molecular complexity index is 613. The van der Waals surface area contributed by atoms with Crippen LogP contribution in [0.15, 0.2) is 36.1 Å². The SMILES string of the molecule is O=C(O)C[C@H]1[C@H](C(O)=CCC2Cc3ccccc3C2)[C@@H](O)C[C@H]1O. The van der Waals surface area contributed by atoms with Gasteiger partial charge in [-0.25, -0.2) is 0 Å². The van der Waals surface area contributed by atoms with E-state index in [1.807, 2.05) is 12.1 Å². The molecule has 1 fully saturated rings. The minimum atomic E-state index is -1.03. The first-order valence-corrected chi connectivity index (χ1v) is 8.49. The van der Waals surface area contributed by atoms with Gasteiger partial charge in [0.25, 0.3) is 0 Å². The summed E-state index contributed by atoms with van der Waals surface area (Å²) in [5.41, 5.74) is 2.69. The van der Waals surface area contributed by atoms with Crippen molar-refractivity contribution in [3.05, 3.63) is 47.2 Å². The first-order valence-electron chi connectivity index (χ1n) is 8.49. The lowest BCUT2D eigenvalue weighted by Crippen LogP contribution is -2.26. The molecule has 4 N–H and O–H groups in total. The molecule has 1 saturated carbocycles. The minimum Gasteiger partial charge on any atom is -0.512 e. The van der Waals surface area contributed by atoms with Crippen LogP contribution < -0.4 is 0 Å². The third-order valence-corrected chi connectivity index (χ3v) is 5.40. The predicted octanol–water partition coefficient (Wildman–Crippen LogP) is 2.07. The average Bonchev–Trinajstić information content (AvgIpc) is 3.05. The molecule has 0 radical (unpaired) electrons. The molecule has 2 aliphatic rings. The largest absolute Gasteiger partial charge is 0.512 e. The molecule has 130 valence electrons. The third-order valence-electron chi connectivity index (χ3n) is 5.40. The number of benzene rings is 1. The number of aliphatic hydroxyl groups is 3. The van der Waals surface area contributed by atoms with Crippen molar-refractivity contribution in [1.82, 2.24) is 0 Å². The van der Waals surface area contributed by atoms with E-state index in [1.165, 1.54) is 11.1 Å². The number of aliphatic carboxylic acids is 1. The lowest BCUT2D eigenvalue weighted by molar-refractivity contribution is -0.139. The highest BCUT2D eigenvalue weighted by Gasteiger charge is 2.44. The van der Waals surface area contributed by atoms with E-state index in [4.69, 9.17) is 5.11 Å². The van der Waals surface area contributed by atoms with Crippen molar-refractivity contribution < 1.29 is 25.2 Å². The predicted molar refractivity (Wildman–Crippen MR) is 88.5 cm³/mol. The molecule has 5 heteroatoms.